The number of ether oxygens (including phenoxy) is 2. The Morgan fingerprint density at radius 1 is 1.05 bits per heavy atom. The Bertz CT molecular complexity index is 592. The molecule has 0 radical (unpaired) electrons. The first-order valence-electron chi connectivity index (χ1n) is 6.64. The van der Waals surface area contributed by atoms with Crippen LogP contribution in [0.25, 0.3) is 0 Å². The van der Waals surface area contributed by atoms with E-state index in [0.717, 1.165) is 5.69 Å². The molecule has 102 valence electrons. The molecule has 0 amide bonds. The van der Waals surface area contributed by atoms with Crippen LogP contribution in [-0.4, -0.2) is 19.0 Å². The highest BCUT2D eigenvalue weighted by Crippen LogP contribution is 2.19. The maximum atomic E-state index is 12.3. The highest BCUT2D eigenvalue weighted by Gasteiger charge is 2.28. The molecule has 0 saturated carbocycles. The van der Waals surface area contributed by atoms with Crippen molar-refractivity contribution in [3.63, 3.8) is 0 Å². The minimum atomic E-state index is -0.375. The molecule has 0 spiro atoms. The van der Waals surface area contributed by atoms with Crippen LogP contribution < -0.4 is 4.57 Å². The van der Waals surface area contributed by atoms with Gasteiger partial charge in [0.1, 0.15) is 0 Å². The minimum absolute atomic E-state index is 0.0704. The summed E-state index contributed by atoms with van der Waals surface area (Å²) in [5, 5.41) is 0. The number of aromatic nitrogens is 1. The molecule has 2 aromatic rings. The average Bonchev–Trinajstić information content (AvgIpc) is 3.03. The lowest BCUT2D eigenvalue weighted by molar-refractivity contribution is -0.696. The number of ketones is 1. The summed E-state index contributed by atoms with van der Waals surface area (Å²) in [5.41, 5.74) is 1.58. The molecule has 20 heavy (non-hydrogen) atoms. The lowest BCUT2D eigenvalue weighted by atomic mass is 10.1. The highest BCUT2D eigenvalue weighted by molar-refractivity contribution is 5.94. The topological polar surface area (TPSA) is 39.4 Å². The van der Waals surface area contributed by atoms with Gasteiger partial charge in [-0.15, -0.1) is 0 Å². The Morgan fingerprint density at radius 3 is 2.50 bits per heavy atom. The molecule has 1 saturated heterocycles. The van der Waals surface area contributed by atoms with E-state index in [2.05, 4.69) is 0 Å². The Kier molecular flexibility index (Phi) is 3.85. The largest absolute Gasteiger partial charge is 0.341 e. The Labute approximate surface area is 117 Å². The fourth-order valence-electron chi connectivity index (χ4n) is 2.25. The third-order valence-corrected chi connectivity index (χ3v) is 3.25. The summed E-state index contributed by atoms with van der Waals surface area (Å²) in [7, 11) is 0. The van der Waals surface area contributed by atoms with Crippen LogP contribution in [0.2, 0.25) is 0 Å². The lowest BCUT2D eigenvalue weighted by Crippen LogP contribution is -2.42. The Balaban J connectivity index is 1.82. The fraction of sp³-hybridized carbons (Fsp3) is 0.250. The van der Waals surface area contributed by atoms with Crippen molar-refractivity contribution in [3.05, 3.63) is 66.0 Å². The Hall–Kier alpha value is -2.04. The molecule has 2 heterocycles. The molecule has 3 rings (SSSR count). The summed E-state index contributed by atoms with van der Waals surface area (Å²) in [4.78, 5) is 12.3. The van der Waals surface area contributed by atoms with Gasteiger partial charge in [-0.05, 0) is 6.07 Å². The zero-order valence-corrected chi connectivity index (χ0v) is 11.1. The fourth-order valence-corrected chi connectivity index (χ4v) is 2.25. The summed E-state index contributed by atoms with van der Waals surface area (Å²) in [5.74, 6) is 0.0704. The van der Waals surface area contributed by atoms with Crippen LogP contribution in [-0.2, 0) is 16.0 Å². The first-order valence-corrected chi connectivity index (χ1v) is 6.64. The quantitative estimate of drug-likeness (QED) is 0.629. The molecule has 0 N–H and O–H groups in total. The molecule has 1 aromatic heterocycles. The van der Waals surface area contributed by atoms with Gasteiger partial charge in [0.2, 0.25) is 24.3 Å². The second-order valence-corrected chi connectivity index (χ2v) is 4.62. The number of pyridine rings is 1. The minimum Gasteiger partial charge on any atom is -0.341 e. The summed E-state index contributed by atoms with van der Waals surface area (Å²) >= 11 is 0. The van der Waals surface area contributed by atoms with Gasteiger partial charge in [-0.3, -0.25) is 4.79 Å². The van der Waals surface area contributed by atoms with Crippen molar-refractivity contribution >= 4 is 5.78 Å². The number of nitrogens with zero attached hydrogens (tertiary/aromatic N) is 1. The molecule has 0 atom stereocenters. The normalized spacial score (nSPS) is 15.4. The van der Waals surface area contributed by atoms with Crippen LogP contribution in [0.15, 0.2) is 54.7 Å². The Morgan fingerprint density at radius 2 is 1.75 bits per heavy atom. The standard InChI is InChI=1S/C16H16NO3/c18-15(13-6-2-1-3-7-13)12-17-9-5-4-8-14(17)16-19-10-11-20-16/h1-9,16H,10-12H2/q+1. The number of carbonyl (C=O) groups is 1. The molecule has 0 bridgehead atoms. The molecule has 1 fully saturated rings. The van der Waals surface area contributed by atoms with Gasteiger partial charge in [0, 0.05) is 17.7 Å². The summed E-state index contributed by atoms with van der Waals surface area (Å²) in [6.45, 7) is 1.46. The first kappa shape index (κ1) is 13.0. The monoisotopic (exact) mass is 270 g/mol. The van der Waals surface area contributed by atoms with Crippen LogP contribution in [0.4, 0.5) is 0 Å². The third-order valence-electron chi connectivity index (χ3n) is 3.25. The summed E-state index contributed by atoms with van der Waals surface area (Å²) in [6, 6.07) is 15.0. The van der Waals surface area contributed by atoms with Crippen molar-refractivity contribution in [3.8, 4) is 0 Å². The van der Waals surface area contributed by atoms with Gasteiger partial charge >= 0.3 is 0 Å². The van der Waals surface area contributed by atoms with E-state index in [1.165, 1.54) is 0 Å². The second kappa shape index (κ2) is 5.94. The van der Waals surface area contributed by atoms with Crippen LogP contribution in [0.1, 0.15) is 22.3 Å². The predicted molar refractivity (Wildman–Crippen MR) is 72.1 cm³/mol. The molecule has 4 heteroatoms. The van der Waals surface area contributed by atoms with E-state index in [4.69, 9.17) is 9.47 Å². The van der Waals surface area contributed by atoms with Gasteiger partial charge in [-0.25, -0.2) is 0 Å². The smallest absolute Gasteiger partial charge is 0.245 e. The molecule has 0 unspecified atom stereocenters. The SMILES string of the molecule is O=C(C[n+]1ccccc1C1OCCO1)c1ccccc1. The van der Waals surface area contributed by atoms with E-state index in [1.54, 1.807) is 0 Å². The highest BCUT2D eigenvalue weighted by atomic mass is 16.7. The van der Waals surface area contributed by atoms with Gasteiger partial charge in [0.15, 0.2) is 6.20 Å². The summed E-state index contributed by atoms with van der Waals surface area (Å²) < 4.78 is 12.9. The van der Waals surface area contributed by atoms with Gasteiger partial charge in [0.05, 0.1) is 13.2 Å². The van der Waals surface area contributed by atoms with E-state index >= 15 is 0 Å². The van der Waals surface area contributed by atoms with Gasteiger partial charge < -0.3 is 9.47 Å². The third kappa shape index (κ3) is 2.76. The van der Waals surface area contributed by atoms with Gasteiger partial charge in [0.25, 0.3) is 0 Å². The van der Waals surface area contributed by atoms with Gasteiger partial charge in [-0.2, -0.15) is 4.57 Å². The zero-order chi connectivity index (χ0) is 13.8. The number of hydrogen-bond donors (Lipinski definition) is 0. The van der Waals surface area contributed by atoms with E-state index in [1.807, 2.05) is 59.3 Å². The maximum Gasteiger partial charge on any atom is 0.245 e. The van der Waals surface area contributed by atoms with Crippen molar-refractivity contribution < 1.29 is 18.8 Å². The molecule has 1 aliphatic rings. The van der Waals surface area contributed by atoms with Gasteiger partial charge in [-0.1, -0.05) is 30.3 Å². The van der Waals surface area contributed by atoms with Crippen molar-refractivity contribution in [2.45, 2.75) is 12.8 Å². The first-order chi connectivity index (χ1) is 9.84. The molecule has 1 aromatic carbocycles. The molecule has 1 aliphatic heterocycles. The number of rotatable bonds is 4. The van der Waals surface area contributed by atoms with E-state index < -0.39 is 0 Å². The molecular formula is C16H16NO3+. The van der Waals surface area contributed by atoms with E-state index in [-0.39, 0.29) is 18.6 Å². The van der Waals surface area contributed by atoms with E-state index in [0.29, 0.717) is 18.8 Å². The zero-order valence-electron chi connectivity index (χ0n) is 11.1. The number of benzene rings is 1. The lowest BCUT2D eigenvalue weighted by Gasteiger charge is -2.08. The van der Waals surface area contributed by atoms with Crippen molar-refractivity contribution in [2.24, 2.45) is 0 Å². The van der Waals surface area contributed by atoms with Crippen molar-refractivity contribution in [1.82, 2.24) is 0 Å². The van der Waals surface area contributed by atoms with Crippen LogP contribution in [0, 0.1) is 0 Å². The second-order valence-electron chi connectivity index (χ2n) is 4.62. The van der Waals surface area contributed by atoms with Crippen LogP contribution in [0.5, 0.6) is 0 Å². The summed E-state index contributed by atoms with van der Waals surface area (Å²) in [6.07, 6.45) is 1.50. The number of hydrogen-bond acceptors (Lipinski definition) is 3. The number of Topliss-reactive ketones (excluding diaryl/α,β-unsaturated/α-hetero) is 1. The van der Waals surface area contributed by atoms with Crippen molar-refractivity contribution in [1.29, 1.82) is 0 Å². The van der Waals surface area contributed by atoms with Crippen LogP contribution >= 0.6 is 0 Å². The molecular weight excluding hydrogens is 254 g/mol. The predicted octanol–water partition coefficient (Wildman–Crippen LogP) is 1.90. The van der Waals surface area contributed by atoms with E-state index in [9.17, 15) is 4.79 Å². The van der Waals surface area contributed by atoms with Crippen molar-refractivity contribution in [2.75, 3.05) is 13.2 Å². The maximum absolute atomic E-state index is 12.3. The molecule has 0 aliphatic carbocycles. The van der Waals surface area contributed by atoms with Crippen LogP contribution in [0.3, 0.4) is 0 Å². The number of carbonyl (C=O) groups excluding carboxylic acids is 1. The molecule has 4 nitrogen and oxygen atoms in total. The average molecular weight is 270 g/mol.